The van der Waals surface area contributed by atoms with E-state index < -0.39 is 17.4 Å². The van der Waals surface area contributed by atoms with Gasteiger partial charge in [0.2, 0.25) is 0 Å². The first-order chi connectivity index (χ1) is 14.7. The normalized spacial score (nSPS) is 19.3. The minimum atomic E-state index is -1.82. The number of carbonyl (C=O) groups excluding carboxylic acids is 1. The molecule has 0 spiro atoms. The number of rotatable bonds is 2. The molecule has 1 aliphatic rings. The van der Waals surface area contributed by atoms with Crippen LogP contribution in [0.5, 0.6) is 0 Å². The van der Waals surface area contributed by atoms with Crippen molar-refractivity contribution in [1.82, 2.24) is 24.8 Å². The number of pyridine rings is 2. The fraction of sp³-hybridized carbons (Fsp3) is 0.409. The van der Waals surface area contributed by atoms with Gasteiger partial charge in [-0.2, -0.15) is 5.26 Å². The van der Waals surface area contributed by atoms with E-state index >= 15 is 4.39 Å². The average molecular weight is 422 g/mol. The monoisotopic (exact) mass is 422 g/mol. The van der Waals surface area contributed by atoms with Gasteiger partial charge in [0, 0.05) is 24.5 Å². The molecule has 4 heterocycles. The lowest BCUT2D eigenvalue weighted by atomic mass is 9.94. The molecule has 0 unspecified atom stereocenters. The Bertz CT molecular complexity index is 1180. The van der Waals surface area contributed by atoms with Crippen molar-refractivity contribution >= 4 is 17.3 Å². The number of alkyl halides is 1. The Labute approximate surface area is 179 Å². The van der Waals surface area contributed by atoms with E-state index in [0.717, 1.165) is 11.1 Å². The minimum Gasteiger partial charge on any atom is -0.444 e. The fourth-order valence-corrected chi connectivity index (χ4v) is 3.63. The SMILES string of the molecule is CC(C)(C)OC(=O)N1CCC[C@](F)(c2nc3ncc(-c4ccnc(C#N)c4)cc3[nH]2)C1. The number of likely N-dealkylation sites (tertiary alicyclic amines) is 1. The third-order valence-corrected chi connectivity index (χ3v) is 5.06. The average Bonchev–Trinajstić information content (AvgIpc) is 3.17. The number of nitriles is 1. The minimum absolute atomic E-state index is 0.134. The summed E-state index contributed by atoms with van der Waals surface area (Å²) in [4.78, 5) is 29.5. The van der Waals surface area contributed by atoms with Gasteiger partial charge in [-0.15, -0.1) is 0 Å². The molecule has 1 amide bonds. The second-order valence-electron chi connectivity index (χ2n) is 8.69. The van der Waals surface area contributed by atoms with Crippen LogP contribution >= 0.6 is 0 Å². The third-order valence-electron chi connectivity index (χ3n) is 5.06. The molecule has 1 atom stereocenters. The summed E-state index contributed by atoms with van der Waals surface area (Å²) in [7, 11) is 0. The number of fused-ring (bicyclic) bond motifs is 1. The zero-order chi connectivity index (χ0) is 22.2. The van der Waals surface area contributed by atoms with Crippen molar-refractivity contribution in [2.75, 3.05) is 13.1 Å². The van der Waals surface area contributed by atoms with Gasteiger partial charge < -0.3 is 14.6 Å². The van der Waals surface area contributed by atoms with Gasteiger partial charge in [-0.3, -0.25) is 0 Å². The molecule has 1 aliphatic heterocycles. The molecule has 0 aliphatic carbocycles. The van der Waals surface area contributed by atoms with Crippen LogP contribution in [0.2, 0.25) is 0 Å². The molecule has 3 aromatic heterocycles. The van der Waals surface area contributed by atoms with E-state index in [2.05, 4.69) is 19.9 Å². The third kappa shape index (κ3) is 4.33. The van der Waals surface area contributed by atoms with Gasteiger partial charge in [0.15, 0.2) is 11.3 Å². The highest BCUT2D eigenvalue weighted by Crippen LogP contribution is 2.35. The highest BCUT2D eigenvalue weighted by atomic mass is 19.1. The maximum atomic E-state index is 15.9. The predicted octanol–water partition coefficient (Wildman–Crippen LogP) is 4.09. The van der Waals surface area contributed by atoms with Gasteiger partial charge in [0.1, 0.15) is 23.2 Å². The summed E-state index contributed by atoms with van der Waals surface area (Å²) in [5.74, 6) is 0.146. The lowest BCUT2D eigenvalue weighted by Gasteiger charge is -2.36. The summed E-state index contributed by atoms with van der Waals surface area (Å²) < 4.78 is 21.3. The first-order valence-electron chi connectivity index (χ1n) is 10.1. The number of imidazole rings is 1. The summed E-state index contributed by atoms with van der Waals surface area (Å²) in [5, 5.41) is 9.06. The number of halogens is 1. The topological polar surface area (TPSA) is 108 Å². The van der Waals surface area contributed by atoms with Gasteiger partial charge in [0.05, 0.1) is 12.1 Å². The number of aromatic nitrogens is 4. The smallest absolute Gasteiger partial charge is 0.410 e. The van der Waals surface area contributed by atoms with Crippen LogP contribution < -0.4 is 0 Å². The van der Waals surface area contributed by atoms with E-state index in [0.29, 0.717) is 29.8 Å². The quantitative estimate of drug-likeness (QED) is 0.666. The highest BCUT2D eigenvalue weighted by Gasteiger charge is 2.42. The molecule has 4 rings (SSSR count). The number of ether oxygens (including phenoxy) is 1. The summed E-state index contributed by atoms with van der Waals surface area (Å²) >= 11 is 0. The van der Waals surface area contributed by atoms with Gasteiger partial charge in [0.25, 0.3) is 0 Å². The van der Waals surface area contributed by atoms with E-state index in [-0.39, 0.29) is 18.8 Å². The number of carbonyl (C=O) groups is 1. The Kier molecular flexibility index (Phi) is 5.09. The lowest BCUT2D eigenvalue weighted by molar-refractivity contribution is -0.00876. The molecule has 3 aromatic rings. The van der Waals surface area contributed by atoms with Crippen LogP contribution in [0.3, 0.4) is 0 Å². The maximum Gasteiger partial charge on any atom is 0.410 e. The van der Waals surface area contributed by atoms with Crippen LogP contribution in [0.4, 0.5) is 9.18 Å². The molecule has 1 fully saturated rings. The maximum absolute atomic E-state index is 15.9. The molecule has 1 N–H and O–H groups in total. The van der Waals surface area contributed by atoms with E-state index in [1.807, 2.05) is 12.1 Å². The van der Waals surface area contributed by atoms with Gasteiger partial charge >= 0.3 is 6.09 Å². The van der Waals surface area contributed by atoms with Crippen molar-refractivity contribution < 1.29 is 13.9 Å². The first kappa shape index (κ1) is 20.7. The van der Waals surface area contributed by atoms with Crippen molar-refractivity contribution in [3.05, 3.63) is 42.1 Å². The van der Waals surface area contributed by atoms with Crippen LogP contribution in [-0.4, -0.2) is 49.6 Å². The van der Waals surface area contributed by atoms with E-state index in [4.69, 9.17) is 10.00 Å². The summed E-state index contributed by atoms with van der Waals surface area (Å²) in [6.45, 7) is 5.64. The zero-order valence-electron chi connectivity index (χ0n) is 17.6. The molecule has 8 nitrogen and oxygen atoms in total. The number of H-pyrrole nitrogens is 1. The van der Waals surface area contributed by atoms with Crippen LogP contribution in [0.25, 0.3) is 22.3 Å². The second-order valence-corrected chi connectivity index (χ2v) is 8.69. The molecular weight excluding hydrogens is 399 g/mol. The number of nitrogens with zero attached hydrogens (tertiary/aromatic N) is 5. The van der Waals surface area contributed by atoms with Crippen molar-refractivity contribution in [1.29, 1.82) is 5.26 Å². The molecule has 0 saturated carbocycles. The van der Waals surface area contributed by atoms with Gasteiger partial charge in [-0.05, 0) is 57.4 Å². The van der Waals surface area contributed by atoms with Crippen molar-refractivity contribution in [3.8, 4) is 17.2 Å². The molecule has 9 heteroatoms. The highest BCUT2D eigenvalue weighted by molar-refractivity contribution is 5.78. The number of nitrogens with one attached hydrogen (secondary N) is 1. The fourth-order valence-electron chi connectivity index (χ4n) is 3.63. The number of aromatic amines is 1. The first-order valence-corrected chi connectivity index (χ1v) is 10.1. The van der Waals surface area contributed by atoms with Crippen molar-refractivity contribution in [2.45, 2.75) is 44.9 Å². The number of hydrogen-bond donors (Lipinski definition) is 1. The van der Waals surface area contributed by atoms with E-state index in [1.54, 1.807) is 45.3 Å². The zero-order valence-corrected chi connectivity index (χ0v) is 17.6. The summed E-state index contributed by atoms with van der Waals surface area (Å²) in [6.07, 6.45) is 3.40. The molecule has 0 radical (unpaired) electrons. The molecule has 0 aromatic carbocycles. The Morgan fingerprint density at radius 2 is 2.13 bits per heavy atom. The molecule has 160 valence electrons. The number of amides is 1. The lowest BCUT2D eigenvalue weighted by Crippen LogP contribution is -2.48. The Morgan fingerprint density at radius 1 is 1.32 bits per heavy atom. The molecule has 1 saturated heterocycles. The van der Waals surface area contributed by atoms with Crippen LogP contribution in [0.1, 0.15) is 45.1 Å². The van der Waals surface area contributed by atoms with Crippen molar-refractivity contribution in [2.24, 2.45) is 0 Å². The van der Waals surface area contributed by atoms with E-state index in [9.17, 15) is 4.79 Å². The largest absolute Gasteiger partial charge is 0.444 e. The molecule has 0 bridgehead atoms. The molecule has 31 heavy (non-hydrogen) atoms. The van der Waals surface area contributed by atoms with Gasteiger partial charge in [-0.25, -0.2) is 24.1 Å². The Balaban J connectivity index is 1.61. The summed E-state index contributed by atoms with van der Waals surface area (Å²) in [5.41, 5.74) is 0.338. The second kappa shape index (κ2) is 7.61. The van der Waals surface area contributed by atoms with E-state index in [1.165, 1.54) is 4.90 Å². The van der Waals surface area contributed by atoms with Crippen LogP contribution in [0.15, 0.2) is 30.6 Å². The number of hydrogen-bond acceptors (Lipinski definition) is 6. The Hall–Kier alpha value is -3.54. The predicted molar refractivity (Wildman–Crippen MR) is 112 cm³/mol. The standard InChI is InChI=1S/C22H23FN6O2/c1-21(2,3)31-20(30)29-8-4-6-22(23,13-29)19-27-17-10-15(12-26-18(17)28-19)14-5-7-25-16(9-14)11-24/h5,7,9-10,12H,4,6,8,13H2,1-3H3,(H,26,27,28)/t22-/m1/s1. The molecular formula is C22H23FN6O2. The summed E-state index contributed by atoms with van der Waals surface area (Å²) in [6, 6.07) is 7.26. The number of piperidine rings is 1. The van der Waals surface area contributed by atoms with Crippen molar-refractivity contribution in [3.63, 3.8) is 0 Å². The Morgan fingerprint density at radius 3 is 2.87 bits per heavy atom. The van der Waals surface area contributed by atoms with Gasteiger partial charge in [-0.1, -0.05) is 0 Å². The van der Waals surface area contributed by atoms with Crippen LogP contribution in [0, 0.1) is 11.3 Å². The van der Waals surface area contributed by atoms with Crippen LogP contribution in [-0.2, 0) is 10.4 Å².